The maximum absolute atomic E-state index is 11.7. The lowest BCUT2D eigenvalue weighted by atomic mass is 10.2. The van der Waals surface area contributed by atoms with Gasteiger partial charge in [-0.05, 0) is 17.7 Å². The Morgan fingerprint density at radius 3 is 2.75 bits per heavy atom. The Bertz CT molecular complexity index is 679. The van der Waals surface area contributed by atoms with Crippen LogP contribution < -0.4 is 5.32 Å². The SMILES string of the molecule is O=C(C=Cc1ccccc1Br)Nc1cc(C(=O)O)[nH]n1. The summed E-state index contributed by atoms with van der Waals surface area (Å²) in [6.45, 7) is 0. The molecule has 0 aliphatic rings. The van der Waals surface area contributed by atoms with Crippen LogP contribution in [-0.2, 0) is 4.79 Å². The van der Waals surface area contributed by atoms with Gasteiger partial charge in [0.25, 0.3) is 0 Å². The molecule has 1 heterocycles. The summed E-state index contributed by atoms with van der Waals surface area (Å²) in [5, 5.41) is 17.1. The number of H-pyrrole nitrogens is 1. The molecule has 0 radical (unpaired) electrons. The number of nitrogens with zero attached hydrogens (tertiary/aromatic N) is 1. The molecule has 0 bridgehead atoms. The van der Waals surface area contributed by atoms with Crippen molar-refractivity contribution in [1.82, 2.24) is 10.2 Å². The van der Waals surface area contributed by atoms with E-state index in [1.54, 1.807) is 6.08 Å². The second kappa shape index (κ2) is 6.16. The molecular formula is C13H10BrN3O3. The van der Waals surface area contributed by atoms with Crippen molar-refractivity contribution in [3.8, 4) is 0 Å². The van der Waals surface area contributed by atoms with Gasteiger partial charge in [-0.2, -0.15) is 5.10 Å². The molecule has 0 unspecified atom stereocenters. The average molecular weight is 336 g/mol. The highest BCUT2D eigenvalue weighted by Gasteiger charge is 2.08. The van der Waals surface area contributed by atoms with Crippen LogP contribution in [0, 0.1) is 0 Å². The fourth-order valence-corrected chi connectivity index (χ4v) is 1.86. The molecule has 102 valence electrons. The summed E-state index contributed by atoms with van der Waals surface area (Å²) in [6, 6.07) is 8.69. The first-order valence-corrected chi connectivity index (χ1v) is 6.38. The lowest BCUT2D eigenvalue weighted by Gasteiger charge is -1.98. The predicted octanol–water partition coefficient (Wildman–Crippen LogP) is 2.52. The number of amides is 1. The predicted molar refractivity (Wildman–Crippen MR) is 77.4 cm³/mol. The third-order valence-corrected chi connectivity index (χ3v) is 3.10. The van der Waals surface area contributed by atoms with Crippen molar-refractivity contribution in [3.63, 3.8) is 0 Å². The normalized spacial score (nSPS) is 10.7. The summed E-state index contributed by atoms with van der Waals surface area (Å²) in [6.07, 6.45) is 2.99. The number of halogens is 1. The molecule has 3 N–H and O–H groups in total. The Balaban J connectivity index is 2.02. The lowest BCUT2D eigenvalue weighted by Crippen LogP contribution is -2.07. The van der Waals surface area contributed by atoms with E-state index in [0.29, 0.717) is 0 Å². The van der Waals surface area contributed by atoms with E-state index in [2.05, 4.69) is 31.4 Å². The van der Waals surface area contributed by atoms with Gasteiger partial charge in [-0.1, -0.05) is 34.1 Å². The molecule has 0 spiro atoms. The van der Waals surface area contributed by atoms with E-state index >= 15 is 0 Å². The molecule has 1 amide bonds. The number of aromatic nitrogens is 2. The summed E-state index contributed by atoms with van der Waals surface area (Å²) < 4.78 is 0.872. The molecule has 6 nitrogen and oxygen atoms in total. The van der Waals surface area contributed by atoms with Crippen LogP contribution >= 0.6 is 15.9 Å². The van der Waals surface area contributed by atoms with Gasteiger partial charge >= 0.3 is 5.97 Å². The van der Waals surface area contributed by atoms with Crippen LogP contribution in [0.5, 0.6) is 0 Å². The van der Waals surface area contributed by atoms with Gasteiger partial charge in [0.05, 0.1) is 0 Å². The maximum atomic E-state index is 11.7. The summed E-state index contributed by atoms with van der Waals surface area (Å²) in [5.41, 5.74) is 0.769. The van der Waals surface area contributed by atoms with Crippen molar-refractivity contribution in [2.75, 3.05) is 5.32 Å². The summed E-state index contributed by atoms with van der Waals surface area (Å²) in [4.78, 5) is 22.3. The van der Waals surface area contributed by atoms with Crippen molar-refractivity contribution >= 4 is 39.7 Å². The molecule has 2 aromatic rings. The molecule has 7 heteroatoms. The number of nitrogens with one attached hydrogen (secondary N) is 2. The first-order chi connectivity index (χ1) is 9.56. The standard InChI is InChI=1S/C13H10BrN3O3/c14-9-4-2-1-3-8(9)5-6-12(18)15-11-7-10(13(19)20)16-17-11/h1-7H,(H,19,20)(H2,15,16,17,18). The highest BCUT2D eigenvalue weighted by atomic mass is 79.9. The number of hydrogen-bond donors (Lipinski definition) is 3. The van der Waals surface area contributed by atoms with Crippen molar-refractivity contribution in [2.24, 2.45) is 0 Å². The van der Waals surface area contributed by atoms with Crippen molar-refractivity contribution in [1.29, 1.82) is 0 Å². The Morgan fingerprint density at radius 1 is 1.35 bits per heavy atom. The number of carboxylic acid groups (broad SMARTS) is 1. The summed E-state index contributed by atoms with van der Waals surface area (Å²) >= 11 is 3.37. The van der Waals surface area contributed by atoms with E-state index in [1.807, 2.05) is 24.3 Å². The van der Waals surface area contributed by atoms with Crippen LogP contribution in [0.25, 0.3) is 6.08 Å². The summed E-state index contributed by atoms with van der Waals surface area (Å²) in [7, 11) is 0. The van der Waals surface area contributed by atoms with Crippen molar-refractivity contribution in [3.05, 3.63) is 52.1 Å². The fraction of sp³-hybridized carbons (Fsp3) is 0. The van der Waals surface area contributed by atoms with Gasteiger partial charge in [0.2, 0.25) is 5.91 Å². The molecule has 0 saturated carbocycles. The Morgan fingerprint density at radius 2 is 2.10 bits per heavy atom. The minimum Gasteiger partial charge on any atom is -0.477 e. The topological polar surface area (TPSA) is 95.1 Å². The number of rotatable bonds is 4. The number of carboxylic acids is 1. The second-order valence-electron chi connectivity index (χ2n) is 3.82. The molecule has 0 aliphatic carbocycles. The van der Waals surface area contributed by atoms with Crippen LogP contribution in [0.4, 0.5) is 5.82 Å². The van der Waals surface area contributed by atoms with Gasteiger partial charge in [-0.3, -0.25) is 9.89 Å². The maximum Gasteiger partial charge on any atom is 0.353 e. The van der Waals surface area contributed by atoms with E-state index in [9.17, 15) is 9.59 Å². The number of benzene rings is 1. The van der Waals surface area contributed by atoms with E-state index in [4.69, 9.17) is 5.11 Å². The minimum atomic E-state index is -1.14. The van der Waals surface area contributed by atoms with Gasteiger partial charge in [0.1, 0.15) is 5.69 Å². The highest BCUT2D eigenvalue weighted by molar-refractivity contribution is 9.10. The average Bonchev–Trinajstić information content (AvgIpc) is 2.86. The van der Waals surface area contributed by atoms with Crippen LogP contribution in [0.1, 0.15) is 16.1 Å². The zero-order valence-corrected chi connectivity index (χ0v) is 11.7. The fourth-order valence-electron chi connectivity index (χ4n) is 1.44. The monoisotopic (exact) mass is 335 g/mol. The third kappa shape index (κ3) is 3.55. The molecule has 0 saturated heterocycles. The van der Waals surface area contributed by atoms with Gasteiger partial charge in [-0.15, -0.1) is 0 Å². The largest absolute Gasteiger partial charge is 0.477 e. The summed E-state index contributed by atoms with van der Waals surface area (Å²) in [5.74, 6) is -1.38. The Hall–Kier alpha value is -2.41. The van der Waals surface area contributed by atoms with Gasteiger partial charge in [-0.25, -0.2) is 4.79 Å². The molecular weight excluding hydrogens is 326 g/mol. The molecule has 20 heavy (non-hydrogen) atoms. The number of aromatic amines is 1. The number of carbonyl (C=O) groups excluding carboxylic acids is 1. The highest BCUT2D eigenvalue weighted by Crippen LogP contribution is 2.17. The third-order valence-electron chi connectivity index (χ3n) is 2.38. The van der Waals surface area contributed by atoms with Crippen LogP contribution in [0.3, 0.4) is 0 Å². The van der Waals surface area contributed by atoms with Crippen LogP contribution in [-0.4, -0.2) is 27.2 Å². The van der Waals surface area contributed by atoms with E-state index in [0.717, 1.165) is 10.0 Å². The number of hydrogen-bond acceptors (Lipinski definition) is 3. The number of aromatic carboxylic acids is 1. The molecule has 1 aromatic heterocycles. The van der Waals surface area contributed by atoms with Crippen molar-refractivity contribution < 1.29 is 14.7 Å². The van der Waals surface area contributed by atoms with Crippen LogP contribution in [0.15, 0.2) is 40.9 Å². The Kier molecular flexibility index (Phi) is 4.31. The molecule has 0 aliphatic heterocycles. The molecule has 0 fully saturated rings. The zero-order valence-electron chi connectivity index (χ0n) is 10.1. The first-order valence-electron chi connectivity index (χ1n) is 5.58. The van der Waals surface area contributed by atoms with E-state index in [-0.39, 0.29) is 11.5 Å². The van der Waals surface area contributed by atoms with E-state index < -0.39 is 11.9 Å². The second-order valence-corrected chi connectivity index (χ2v) is 4.67. The van der Waals surface area contributed by atoms with E-state index in [1.165, 1.54) is 12.1 Å². The Labute approximate surface area is 122 Å². The van der Waals surface area contributed by atoms with Gasteiger partial charge in [0.15, 0.2) is 5.82 Å². The molecule has 2 rings (SSSR count). The van der Waals surface area contributed by atoms with Crippen LogP contribution in [0.2, 0.25) is 0 Å². The smallest absolute Gasteiger partial charge is 0.353 e. The number of carbonyl (C=O) groups is 2. The van der Waals surface area contributed by atoms with Gasteiger partial charge < -0.3 is 10.4 Å². The molecule has 0 atom stereocenters. The lowest BCUT2D eigenvalue weighted by molar-refractivity contribution is -0.111. The minimum absolute atomic E-state index is 0.0879. The van der Waals surface area contributed by atoms with Crippen molar-refractivity contribution in [2.45, 2.75) is 0 Å². The zero-order chi connectivity index (χ0) is 14.5. The first kappa shape index (κ1) is 14.0. The number of anilines is 1. The van der Waals surface area contributed by atoms with Gasteiger partial charge in [0, 0.05) is 16.6 Å². The molecule has 1 aromatic carbocycles. The quantitative estimate of drug-likeness (QED) is 0.748.